The normalized spacial score (nSPS) is 19.6. The lowest BCUT2D eigenvalue weighted by Crippen LogP contribution is -2.33. The maximum absolute atomic E-state index is 13.9. The van der Waals surface area contributed by atoms with Crippen molar-refractivity contribution in [1.82, 2.24) is 4.57 Å². The number of anilines is 2. The van der Waals surface area contributed by atoms with Gasteiger partial charge in [0.1, 0.15) is 17.6 Å². The van der Waals surface area contributed by atoms with Gasteiger partial charge >= 0.3 is 17.2 Å². The van der Waals surface area contributed by atoms with Crippen LogP contribution in [-0.2, 0) is 33.3 Å². The minimum Gasteiger partial charge on any atom is -0.325 e. The maximum atomic E-state index is 13.9. The van der Waals surface area contributed by atoms with Crippen LogP contribution in [0.25, 0.3) is 0 Å². The molecule has 3 heterocycles. The van der Waals surface area contributed by atoms with Gasteiger partial charge in [-0.1, -0.05) is 47.4 Å². The molecular formula is C30H18F7N3O4S2. The second kappa shape index (κ2) is 11.4. The second-order valence-electron chi connectivity index (χ2n) is 10.4. The number of nitrogens with zero attached hydrogens (tertiary/aromatic N) is 2. The summed E-state index contributed by atoms with van der Waals surface area (Å²) in [6.45, 7) is -0.666. The first kappa shape index (κ1) is 31.5. The number of benzene rings is 3. The number of alkyl halides is 6. The topological polar surface area (TPSA) is 88.5 Å². The molecule has 238 valence electrons. The number of carbonyl (C=O) groups excluding carboxylic acids is 3. The van der Waals surface area contributed by atoms with E-state index in [1.54, 1.807) is 0 Å². The average molecular weight is 682 g/mol. The minimum atomic E-state index is -4.76. The average Bonchev–Trinajstić information content (AvgIpc) is 3.43. The summed E-state index contributed by atoms with van der Waals surface area (Å²) in [4.78, 5) is 54.0. The standard InChI is InChI=1S/C30H18F7N3O4S2/c31-17-9-7-14(8-10-17)21-22-23(26(43)40(25(22)42)19-6-2-4-16(12-19)30(35,36)37)45-27-24(21)46-28(44)39(27)13-20(41)38-18-5-1-3-15(11-18)29(32,33)34/h1-12,21-23H,13H2,(H,38,41)/t21-,22?,23?/m0/s1. The summed E-state index contributed by atoms with van der Waals surface area (Å²) in [5.41, 5.74) is -2.23. The molecule has 2 unspecified atom stereocenters. The summed E-state index contributed by atoms with van der Waals surface area (Å²) in [5, 5.41) is 1.20. The Kier molecular flexibility index (Phi) is 7.83. The lowest BCUT2D eigenvalue weighted by atomic mass is 9.83. The van der Waals surface area contributed by atoms with Crippen molar-refractivity contribution in [1.29, 1.82) is 0 Å². The molecule has 0 radical (unpaired) electrons. The number of fused-ring (bicyclic) bond motifs is 2. The number of aromatic nitrogens is 1. The molecule has 1 aromatic heterocycles. The van der Waals surface area contributed by atoms with Crippen LogP contribution in [-0.4, -0.2) is 27.5 Å². The van der Waals surface area contributed by atoms with E-state index in [9.17, 15) is 49.9 Å². The number of nitrogens with one attached hydrogen (secondary N) is 1. The smallest absolute Gasteiger partial charge is 0.325 e. The van der Waals surface area contributed by atoms with Gasteiger partial charge in [-0.25, -0.2) is 9.29 Å². The Hall–Kier alpha value is -4.44. The molecule has 0 spiro atoms. The van der Waals surface area contributed by atoms with Crippen molar-refractivity contribution in [2.45, 2.75) is 35.1 Å². The number of carbonyl (C=O) groups is 3. The Balaban J connectivity index is 1.38. The molecule has 1 N–H and O–H groups in total. The van der Waals surface area contributed by atoms with Gasteiger partial charge in [0, 0.05) is 16.5 Å². The number of imide groups is 1. The largest absolute Gasteiger partial charge is 0.416 e. The zero-order valence-electron chi connectivity index (χ0n) is 22.9. The molecule has 0 bridgehead atoms. The van der Waals surface area contributed by atoms with E-state index in [2.05, 4.69) is 5.32 Å². The van der Waals surface area contributed by atoms with Crippen molar-refractivity contribution < 1.29 is 45.1 Å². The summed E-state index contributed by atoms with van der Waals surface area (Å²) in [7, 11) is 0. The molecule has 4 aromatic rings. The van der Waals surface area contributed by atoms with Gasteiger partial charge in [0.2, 0.25) is 17.7 Å². The third-order valence-electron chi connectivity index (χ3n) is 7.49. The van der Waals surface area contributed by atoms with Crippen LogP contribution in [0.5, 0.6) is 0 Å². The van der Waals surface area contributed by atoms with E-state index in [1.807, 2.05) is 0 Å². The van der Waals surface area contributed by atoms with Crippen LogP contribution in [0.1, 0.15) is 27.5 Å². The molecule has 7 nitrogen and oxygen atoms in total. The lowest BCUT2D eigenvalue weighted by molar-refractivity contribution is -0.138. The molecule has 6 rings (SSSR count). The van der Waals surface area contributed by atoms with E-state index in [-0.39, 0.29) is 21.3 Å². The van der Waals surface area contributed by atoms with Gasteiger partial charge in [0.15, 0.2) is 0 Å². The van der Waals surface area contributed by atoms with Gasteiger partial charge in [-0.3, -0.25) is 23.7 Å². The van der Waals surface area contributed by atoms with E-state index in [4.69, 9.17) is 0 Å². The van der Waals surface area contributed by atoms with Crippen molar-refractivity contribution in [3.05, 3.63) is 110 Å². The highest BCUT2D eigenvalue weighted by Crippen LogP contribution is 2.54. The third-order valence-corrected chi connectivity index (χ3v) is 10.1. The summed E-state index contributed by atoms with van der Waals surface area (Å²) >= 11 is 1.45. The van der Waals surface area contributed by atoms with Crippen molar-refractivity contribution in [3.8, 4) is 0 Å². The van der Waals surface area contributed by atoms with Gasteiger partial charge in [-0.05, 0) is 54.1 Å². The first-order valence-electron chi connectivity index (χ1n) is 13.3. The summed E-state index contributed by atoms with van der Waals surface area (Å²) in [6.07, 6.45) is -9.42. The zero-order chi connectivity index (χ0) is 33.1. The number of thiazole rings is 1. The van der Waals surface area contributed by atoms with Crippen molar-refractivity contribution >= 4 is 52.2 Å². The fourth-order valence-corrected chi connectivity index (χ4v) is 8.25. The SMILES string of the molecule is O=C(Cn1c2c(sc1=O)[C@@H](c1ccc(F)cc1)C1C(=O)N(c3cccc(C(F)(F)F)c3)C(=O)C1S2)Nc1cccc(C(F)(F)F)c1. The predicted octanol–water partition coefficient (Wildman–Crippen LogP) is 6.52. The second-order valence-corrected chi connectivity index (χ2v) is 12.5. The predicted molar refractivity (Wildman–Crippen MR) is 154 cm³/mol. The van der Waals surface area contributed by atoms with Crippen LogP contribution < -0.4 is 15.1 Å². The zero-order valence-corrected chi connectivity index (χ0v) is 24.5. The number of thioether (sulfide) groups is 1. The Bertz CT molecular complexity index is 1940. The highest BCUT2D eigenvalue weighted by molar-refractivity contribution is 8.00. The van der Waals surface area contributed by atoms with Gasteiger partial charge < -0.3 is 5.32 Å². The number of halogens is 7. The maximum Gasteiger partial charge on any atom is 0.416 e. The Morgan fingerprint density at radius 2 is 1.46 bits per heavy atom. The fourth-order valence-electron chi connectivity index (χ4n) is 5.48. The Labute approximate surface area is 262 Å². The monoisotopic (exact) mass is 681 g/mol. The molecule has 3 atom stereocenters. The number of hydrogen-bond acceptors (Lipinski definition) is 6. The van der Waals surface area contributed by atoms with Crippen LogP contribution in [0.2, 0.25) is 0 Å². The van der Waals surface area contributed by atoms with Crippen LogP contribution >= 0.6 is 23.1 Å². The van der Waals surface area contributed by atoms with Crippen molar-refractivity contribution in [2.75, 3.05) is 10.2 Å². The van der Waals surface area contributed by atoms with Crippen LogP contribution in [0.3, 0.4) is 0 Å². The summed E-state index contributed by atoms with van der Waals surface area (Å²) in [6, 6.07) is 12.5. The first-order valence-corrected chi connectivity index (χ1v) is 15.0. The molecular weight excluding hydrogens is 663 g/mol. The summed E-state index contributed by atoms with van der Waals surface area (Å²) in [5.74, 6) is -5.35. The molecule has 0 aliphatic carbocycles. The van der Waals surface area contributed by atoms with E-state index >= 15 is 0 Å². The highest BCUT2D eigenvalue weighted by atomic mass is 32.2. The molecule has 2 aliphatic rings. The lowest BCUT2D eigenvalue weighted by Gasteiger charge is -2.30. The summed E-state index contributed by atoms with van der Waals surface area (Å²) < 4.78 is 94.7. The fraction of sp³-hybridized carbons (Fsp3) is 0.200. The minimum absolute atomic E-state index is 0.122. The third kappa shape index (κ3) is 5.70. The van der Waals surface area contributed by atoms with Gasteiger partial charge in [0.05, 0.1) is 27.8 Å². The number of hydrogen-bond donors (Lipinski definition) is 1. The van der Waals surface area contributed by atoms with Crippen LogP contribution in [0.15, 0.2) is 82.6 Å². The highest BCUT2D eigenvalue weighted by Gasteiger charge is 2.57. The molecule has 16 heteroatoms. The molecule has 3 amide bonds. The quantitative estimate of drug-likeness (QED) is 0.192. The van der Waals surface area contributed by atoms with Crippen LogP contribution in [0, 0.1) is 11.7 Å². The van der Waals surface area contributed by atoms with Gasteiger partial charge in [-0.2, -0.15) is 26.3 Å². The number of rotatable bonds is 5. The van der Waals surface area contributed by atoms with Gasteiger partial charge in [0.25, 0.3) is 0 Å². The van der Waals surface area contributed by atoms with E-state index in [0.717, 1.165) is 58.8 Å². The number of amides is 3. The van der Waals surface area contributed by atoms with Crippen molar-refractivity contribution in [3.63, 3.8) is 0 Å². The molecule has 1 fully saturated rings. The van der Waals surface area contributed by atoms with Crippen molar-refractivity contribution in [2.24, 2.45) is 5.92 Å². The molecule has 0 saturated carbocycles. The first-order chi connectivity index (χ1) is 21.6. The Morgan fingerprint density at radius 3 is 2.11 bits per heavy atom. The van der Waals surface area contributed by atoms with E-state index in [1.165, 1.54) is 24.3 Å². The molecule has 2 aliphatic heterocycles. The van der Waals surface area contributed by atoms with Crippen LogP contribution in [0.4, 0.5) is 42.1 Å². The van der Waals surface area contributed by atoms with E-state index < -0.39 is 75.5 Å². The Morgan fingerprint density at radius 1 is 0.826 bits per heavy atom. The van der Waals surface area contributed by atoms with Gasteiger partial charge in [-0.15, -0.1) is 0 Å². The van der Waals surface area contributed by atoms with E-state index in [0.29, 0.717) is 27.9 Å². The molecule has 1 saturated heterocycles. The molecule has 3 aromatic carbocycles. The molecule has 46 heavy (non-hydrogen) atoms.